The summed E-state index contributed by atoms with van der Waals surface area (Å²) in [6, 6.07) is 11.5. The van der Waals surface area contributed by atoms with Gasteiger partial charge >= 0.3 is 0 Å². The maximum absolute atomic E-state index is 8.56. The van der Waals surface area contributed by atoms with E-state index in [1.54, 1.807) is 12.5 Å². The Kier molecular flexibility index (Phi) is 1.92. The third-order valence-electron chi connectivity index (χ3n) is 4.17. The van der Waals surface area contributed by atoms with E-state index in [0.29, 0.717) is 11.5 Å². The van der Waals surface area contributed by atoms with E-state index < -0.39 is 0 Å². The molecule has 2 aromatic carbocycles. The Bertz CT molecular complexity index is 829. The van der Waals surface area contributed by atoms with Crippen molar-refractivity contribution in [2.75, 3.05) is 0 Å². The highest BCUT2D eigenvalue weighted by Crippen LogP contribution is 2.64. The molecule has 0 aromatic heterocycles. The zero-order valence-corrected chi connectivity index (χ0v) is 10.4. The van der Waals surface area contributed by atoms with Crippen LogP contribution in [0.25, 0.3) is 0 Å². The number of hydrogen-bond acceptors (Lipinski definition) is 4. The van der Waals surface area contributed by atoms with Crippen molar-refractivity contribution >= 4 is 0 Å². The molecule has 0 saturated carbocycles. The molecule has 4 rings (SSSR count). The zero-order chi connectivity index (χ0) is 13.7. The SMILES string of the molecule is N#COc1ccc2c(c1)CC21c2ccc(OC#N)cc21. The molecule has 4 heteroatoms. The second kappa shape index (κ2) is 3.53. The van der Waals surface area contributed by atoms with Crippen LogP contribution in [0.2, 0.25) is 0 Å². The summed E-state index contributed by atoms with van der Waals surface area (Å²) in [5.41, 5.74) is 5.00. The third kappa shape index (κ3) is 1.18. The topological polar surface area (TPSA) is 66.0 Å². The number of benzene rings is 2. The highest BCUT2D eigenvalue weighted by Gasteiger charge is 2.58. The van der Waals surface area contributed by atoms with Crippen LogP contribution < -0.4 is 9.47 Å². The minimum absolute atomic E-state index is 0.0115. The third-order valence-corrected chi connectivity index (χ3v) is 4.17. The van der Waals surface area contributed by atoms with Crippen LogP contribution >= 0.6 is 0 Å². The van der Waals surface area contributed by atoms with Crippen LogP contribution in [0.15, 0.2) is 36.4 Å². The number of nitrogens with zero attached hydrogens (tertiary/aromatic N) is 2. The molecule has 0 bridgehead atoms. The van der Waals surface area contributed by atoms with Gasteiger partial charge in [0.1, 0.15) is 11.5 Å². The van der Waals surface area contributed by atoms with Crippen molar-refractivity contribution in [1.82, 2.24) is 0 Å². The number of rotatable bonds is 2. The van der Waals surface area contributed by atoms with Crippen molar-refractivity contribution in [3.8, 4) is 24.0 Å². The molecule has 0 radical (unpaired) electrons. The molecule has 2 aromatic rings. The molecule has 4 nitrogen and oxygen atoms in total. The van der Waals surface area contributed by atoms with E-state index in [-0.39, 0.29) is 5.41 Å². The number of fused-ring (bicyclic) bond motifs is 5. The smallest absolute Gasteiger partial charge is 0.292 e. The predicted octanol–water partition coefficient (Wildman–Crippen LogP) is 2.61. The van der Waals surface area contributed by atoms with Gasteiger partial charge in [-0.2, -0.15) is 0 Å². The molecule has 0 aliphatic heterocycles. The summed E-state index contributed by atoms with van der Waals surface area (Å²) >= 11 is 0. The lowest BCUT2D eigenvalue weighted by Gasteiger charge is -2.31. The zero-order valence-electron chi connectivity index (χ0n) is 10.4. The maximum atomic E-state index is 8.56. The van der Waals surface area contributed by atoms with Crippen LogP contribution in [-0.2, 0) is 11.8 Å². The van der Waals surface area contributed by atoms with E-state index in [2.05, 4.69) is 0 Å². The highest BCUT2D eigenvalue weighted by molar-refractivity contribution is 5.76. The fourth-order valence-electron chi connectivity index (χ4n) is 3.27. The summed E-state index contributed by atoms with van der Waals surface area (Å²) in [5, 5.41) is 17.1. The minimum atomic E-state index is 0.0115. The second-order valence-electron chi connectivity index (χ2n) is 5.00. The molecule has 1 atom stereocenters. The number of nitriles is 2. The molecule has 2 aliphatic carbocycles. The molecule has 0 amide bonds. The van der Waals surface area contributed by atoms with Crippen molar-refractivity contribution < 1.29 is 9.47 Å². The van der Waals surface area contributed by atoms with Gasteiger partial charge in [-0.3, -0.25) is 0 Å². The predicted molar refractivity (Wildman–Crippen MR) is 69.0 cm³/mol. The summed E-state index contributed by atoms with van der Waals surface area (Å²) in [5.74, 6) is 1.17. The Morgan fingerprint density at radius 1 is 0.850 bits per heavy atom. The largest absolute Gasteiger partial charge is 0.388 e. The minimum Gasteiger partial charge on any atom is -0.388 e. The fourth-order valence-corrected chi connectivity index (χ4v) is 3.27. The molecule has 0 saturated heterocycles. The molecule has 2 aliphatic rings. The Morgan fingerprint density at radius 3 is 2.15 bits per heavy atom. The molecule has 0 fully saturated rings. The van der Waals surface area contributed by atoms with Gasteiger partial charge in [0.2, 0.25) is 0 Å². The first-order valence-corrected chi connectivity index (χ1v) is 6.20. The molecular weight excluding hydrogens is 252 g/mol. The monoisotopic (exact) mass is 260 g/mol. The van der Waals surface area contributed by atoms with Gasteiger partial charge in [0.15, 0.2) is 0 Å². The summed E-state index contributed by atoms with van der Waals surface area (Å²) in [6.07, 6.45) is 4.29. The highest BCUT2D eigenvalue weighted by atomic mass is 16.5. The van der Waals surface area contributed by atoms with Gasteiger partial charge in [-0.15, -0.1) is 10.5 Å². The fraction of sp³-hybridized carbons (Fsp3) is 0.125. The van der Waals surface area contributed by atoms with Gasteiger partial charge in [-0.25, -0.2) is 0 Å². The van der Waals surface area contributed by atoms with E-state index in [1.807, 2.05) is 36.4 Å². The normalized spacial score (nSPS) is 19.9. The van der Waals surface area contributed by atoms with Crippen LogP contribution in [-0.4, -0.2) is 0 Å². The van der Waals surface area contributed by atoms with Crippen molar-refractivity contribution in [2.45, 2.75) is 11.8 Å². The first-order valence-electron chi connectivity index (χ1n) is 6.20. The Labute approximate surface area is 115 Å². The molecule has 20 heavy (non-hydrogen) atoms. The summed E-state index contributed by atoms with van der Waals surface area (Å²) in [7, 11) is 0. The van der Waals surface area contributed by atoms with Crippen LogP contribution in [0.5, 0.6) is 11.5 Å². The first-order chi connectivity index (χ1) is 9.79. The van der Waals surface area contributed by atoms with Gasteiger partial charge in [-0.05, 0) is 52.9 Å². The Morgan fingerprint density at radius 2 is 1.50 bits per heavy atom. The van der Waals surface area contributed by atoms with Crippen molar-refractivity contribution in [2.24, 2.45) is 0 Å². The maximum Gasteiger partial charge on any atom is 0.292 e. The molecule has 94 valence electrons. The molecule has 1 spiro atoms. The Balaban J connectivity index is 1.70. The standard InChI is InChI=1S/C16H8N2O2/c17-8-19-11-1-3-13-10(5-11)7-16(13)14-4-2-12(20-9-18)6-15(14)16/h1-6H,7H2. The molecular formula is C16H8N2O2. The van der Waals surface area contributed by atoms with Crippen molar-refractivity contribution in [3.63, 3.8) is 0 Å². The Hall–Kier alpha value is -2.98. The van der Waals surface area contributed by atoms with Crippen molar-refractivity contribution in [3.05, 3.63) is 58.7 Å². The summed E-state index contributed by atoms with van der Waals surface area (Å²) < 4.78 is 9.71. The number of ether oxygens (including phenoxy) is 2. The van der Waals surface area contributed by atoms with Gasteiger partial charge in [0.05, 0.1) is 5.41 Å². The number of hydrogen-bond donors (Lipinski definition) is 0. The van der Waals surface area contributed by atoms with E-state index in [9.17, 15) is 0 Å². The van der Waals surface area contributed by atoms with Crippen LogP contribution in [0.3, 0.4) is 0 Å². The van der Waals surface area contributed by atoms with Crippen LogP contribution in [0.1, 0.15) is 22.3 Å². The second-order valence-corrected chi connectivity index (χ2v) is 5.00. The average molecular weight is 260 g/mol. The van der Waals surface area contributed by atoms with Crippen LogP contribution in [0, 0.1) is 23.0 Å². The molecule has 0 heterocycles. The summed E-state index contributed by atoms with van der Waals surface area (Å²) in [4.78, 5) is 0. The van der Waals surface area contributed by atoms with E-state index in [0.717, 1.165) is 6.42 Å². The van der Waals surface area contributed by atoms with Crippen molar-refractivity contribution in [1.29, 1.82) is 10.5 Å². The van der Waals surface area contributed by atoms with E-state index >= 15 is 0 Å². The lowest BCUT2D eigenvalue weighted by Crippen LogP contribution is -2.27. The average Bonchev–Trinajstić information content (AvgIpc) is 3.09. The van der Waals surface area contributed by atoms with Crippen LogP contribution in [0.4, 0.5) is 0 Å². The first kappa shape index (κ1) is 10.9. The van der Waals surface area contributed by atoms with Gasteiger partial charge in [-0.1, -0.05) is 12.1 Å². The van der Waals surface area contributed by atoms with E-state index in [4.69, 9.17) is 20.0 Å². The molecule has 0 N–H and O–H groups in total. The quantitative estimate of drug-likeness (QED) is 0.778. The van der Waals surface area contributed by atoms with Gasteiger partial charge in [0, 0.05) is 0 Å². The molecule has 1 unspecified atom stereocenters. The lowest BCUT2D eigenvalue weighted by atomic mass is 9.71. The summed E-state index contributed by atoms with van der Waals surface area (Å²) in [6.45, 7) is 0. The van der Waals surface area contributed by atoms with Gasteiger partial charge < -0.3 is 9.47 Å². The lowest BCUT2D eigenvalue weighted by molar-refractivity contribution is 0.501. The van der Waals surface area contributed by atoms with E-state index in [1.165, 1.54) is 22.3 Å². The van der Waals surface area contributed by atoms with Gasteiger partial charge in [0.25, 0.3) is 12.5 Å².